The molecule has 39 heavy (non-hydrogen) atoms. The highest BCUT2D eigenvalue weighted by Gasteiger charge is 2.53. The quantitative estimate of drug-likeness (QED) is 0.171. The SMILES string of the molecule is COC(=O)CCCCC(=O)SC[C@H]1C(=O)N(C(=O)OCc2ccccc2)C(=O)N1C(=O)OCc1ccccc1. The molecule has 1 atom stereocenters. The number of hydrogen-bond donors (Lipinski definition) is 0. The zero-order valence-corrected chi connectivity index (χ0v) is 22.1. The third kappa shape index (κ3) is 8.40. The van der Waals surface area contributed by atoms with Crippen molar-refractivity contribution in [3.8, 4) is 0 Å². The first-order chi connectivity index (χ1) is 18.8. The second-order valence-corrected chi connectivity index (χ2v) is 9.47. The summed E-state index contributed by atoms with van der Waals surface area (Å²) in [5.41, 5.74) is 1.28. The Bertz CT molecular complexity index is 1190. The summed E-state index contributed by atoms with van der Waals surface area (Å²) in [5, 5.41) is -0.303. The van der Waals surface area contributed by atoms with Gasteiger partial charge in [0.15, 0.2) is 5.12 Å². The maximum absolute atomic E-state index is 13.1. The lowest BCUT2D eigenvalue weighted by Gasteiger charge is -2.19. The number of carbonyl (C=O) groups excluding carboxylic acids is 6. The topological polar surface area (TPSA) is 137 Å². The van der Waals surface area contributed by atoms with Crippen LogP contribution in [-0.2, 0) is 41.8 Å². The summed E-state index contributed by atoms with van der Waals surface area (Å²) in [6, 6.07) is 14.7. The molecule has 12 heteroatoms. The molecule has 0 N–H and O–H groups in total. The summed E-state index contributed by atoms with van der Waals surface area (Å²) in [6.07, 6.45) is -1.23. The van der Waals surface area contributed by atoms with Crippen molar-refractivity contribution in [2.24, 2.45) is 0 Å². The van der Waals surface area contributed by atoms with E-state index in [9.17, 15) is 28.8 Å². The first-order valence-corrected chi connectivity index (χ1v) is 13.1. The Labute approximate surface area is 229 Å². The van der Waals surface area contributed by atoms with Crippen LogP contribution in [0, 0.1) is 0 Å². The molecule has 1 aliphatic heterocycles. The number of imide groups is 4. The van der Waals surface area contributed by atoms with Crippen LogP contribution in [0.5, 0.6) is 0 Å². The highest BCUT2D eigenvalue weighted by atomic mass is 32.2. The maximum Gasteiger partial charge on any atom is 0.425 e. The summed E-state index contributed by atoms with van der Waals surface area (Å²) in [4.78, 5) is 76.1. The average molecular weight is 557 g/mol. The van der Waals surface area contributed by atoms with Gasteiger partial charge in [0.2, 0.25) is 0 Å². The lowest BCUT2D eigenvalue weighted by Crippen LogP contribution is -2.42. The normalized spacial score (nSPS) is 14.7. The molecule has 1 saturated heterocycles. The number of hydrogen-bond acceptors (Lipinski definition) is 10. The summed E-state index contributed by atoms with van der Waals surface area (Å²) in [5.74, 6) is -1.65. The molecule has 1 aliphatic rings. The number of amides is 5. The van der Waals surface area contributed by atoms with Gasteiger partial charge in [-0.3, -0.25) is 14.4 Å². The molecular weight excluding hydrogens is 528 g/mol. The number of benzene rings is 2. The van der Waals surface area contributed by atoms with E-state index in [1.54, 1.807) is 60.7 Å². The van der Waals surface area contributed by atoms with Crippen molar-refractivity contribution in [2.75, 3.05) is 12.9 Å². The smallest absolute Gasteiger partial charge is 0.425 e. The van der Waals surface area contributed by atoms with E-state index in [2.05, 4.69) is 4.74 Å². The van der Waals surface area contributed by atoms with E-state index in [0.29, 0.717) is 28.9 Å². The highest BCUT2D eigenvalue weighted by molar-refractivity contribution is 8.13. The summed E-state index contributed by atoms with van der Waals surface area (Å²) in [6.45, 7) is -0.367. The van der Waals surface area contributed by atoms with Gasteiger partial charge < -0.3 is 14.2 Å². The number of unbranched alkanes of at least 4 members (excludes halogenated alkanes) is 1. The van der Waals surface area contributed by atoms with Gasteiger partial charge in [0, 0.05) is 18.6 Å². The molecule has 0 spiro atoms. The van der Waals surface area contributed by atoms with Gasteiger partial charge >= 0.3 is 24.2 Å². The second-order valence-electron chi connectivity index (χ2n) is 8.39. The summed E-state index contributed by atoms with van der Waals surface area (Å²) < 4.78 is 14.9. The zero-order valence-electron chi connectivity index (χ0n) is 21.3. The first-order valence-electron chi connectivity index (χ1n) is 12.1. The number of esters is 1. The predicted octanol–water partition coefficient (Wildman–Crippen LogP) is 4.29. The molecular formula is C27H28N2O9S. The Hall–Kier alpha value is -4.19. The fourth-order valence-electron chi connectivity index (χ4n) is 3.57. The average Bonchev–Trinajstić information content (AvgIpc) is 3.21. The molecule has 2 aromatic rings. The van der Waals surface area contributed by atoms with E-state index in [1.165, 1.54) is 7.11 Å². The molecule has 0 radical (unpaired) electrons. The van der Waals surface area contributed by atoms with Gasteiger partial charge in [-0.1, -0.05) is 72.4 Å². The molecule has 0 aromatic heterocycles. The van der Waals surface area contributed by atoms with Crippen LogP contribution in [0.15, 0.2) is 60.7 Å². The molecule has 11 nitrogen and oxygen atoms in total. The minimum absolute atomic E-state index is 0.109. The van der Waals surface area contributed by atoms with Gasteiger partial charge in [0.25, 0.3) is 5.91 Å². The maximum atomic E-state index is 13.1. The van der Waals surface area contributed by atoms with Crippen molar-refractivity contribution < 1.29 is 43.0 Å². The van der Waals surface area contributed by atoms with E-state index < -0.39 is 30.2 Å². The minimum atomic E-state index is -1.45. The predicted molar refractivity (Wildman–Crippen MR) is 139 cm³/mol. The highest BCUT2D eigenvalue weighted by Crippen LogP contribution is 2.25. The van der Waals surface area contributed by atoms with Crippen LogP contribution >= 0.6 is 11.8 Å². The molecule has 3 rings (SSSR count). The van der Waals surface area contributed by atoms with Crippen molar-refractivity contribution in [3.05, 3.63) is 71.8 Å². The van der Waals surface area contributed by atoms with E-state index >= 15 is 0 Å². The van der Waals surface area contributed by atoms with Crippen LogP contribution in [0.4, 0.5) is 14.4 Å². The lowest BCUT2D eigenvalue weighted by atomic mass is 10.2. The fraction of sp³-hybridized carbons (Fsp3) is 0.333. The Kier molecular flexibility index (Phi) is 11.0. The summed E-state index contributed by atoms with van der Waals surface area (Å²) >= 11 is 0.747. The van der Waals surface area contributed by atoms with E-state index in [-0.39, 0.29) is 47.8 Å². The van der Waals surface area contributed by atoms with E-state index in [1.807, 2.05) is 0 Å². The van der Waals surface area contributed by atoms with Crippen molar-refractivity contribution in [1.29, 1.82) is 0 Å². The Morgan fingerprint density at radius 3 is 1.90 bits per heavy atom. The van der Waals surface area contributed by atoms with Gasteiger partial charge in [0.1, 0.15) is 19.3 Å². The van der Waals surface area contributed by atoms with Gasteiger partial charge in [-0.25, -0.2) is 19.3 Å². The molecule has 0 aliphatic carbocycles. The minimum Gasteiger partial charge on any atom is -0.469 e. The molecule has 1 fully saturated rings. The molecule has 0 saturated carbocycles. The monoisotopic (exact) mass is 556 g/mol. The largest absolute Gasteiger partial charge is 0.469 e. The second kappa shape index (κ2) is 14.7. The summed E-state index contributed by atoms with van der Waals surface area (Å²) in [7, 11) is 1.28. The molecule has 206 valence electrons. The van der Waals surface area contributed by atoms with Crippen LogP contribution in [-0.4, -0.2) is 63.9 Å². The van der Waals surface area contributed by atoms with Crippen molar-refractivity contribution >= 4 is 47.0 Å². The molecule has 2 aromatic carbocycles. The van der Waals surface area contributed by atoms with Crippen LogP contribution < -0.4 is 0 Å². The Morgan fingerprint density at radius 1 is 0.795 bits per heavy atom. The number of nitrogens with zero attached hydrogens (tertiary/aromatic N) is 2. The van der Waals surface area contributed by atoms with Crippen LogP contribution in [0.1, 0.15) is 36.8 Å². The molecule has 1 heterocycles. The van der Waals surface area contributed by atoms with Crippen molar-refractivity contribution in [3.63, 3.8) is 0 Å². The molecule has 0 bridgehead atoms. The Morgan fingerprint density at radius 2 is 1.33 bits per heavy atom. The van der Waals surface area contributed by atoms with Crippen LogP contribution in [0.3, 0.4) is 0 Å². The standard InChI is InChI=1S/C27H28N2O9S/c1-36-22(30)14-8-9-15-23(31)39-18-21-24(32)29(27(35)38-17-20-12-6-3-7-13-20)25(33)28(21)26(34)37-16-19-10-4-2-5-11-19/h2-7,10-13,21H,8-9,14-18H2,1H3/t21-/m0/s1. The van der Waals surface area contributed by atoms with E-state index in [0.717, 1.165) is 11.8 Å². The third-order valence-corrected chi connectivity index (χ3v) is 6.65. The number of ether oxygens (including phenoxy) is 3. The molecule has 5 amide bonds. The fourth-order valence-corrected chi connectivity index (χ4v) is 4.50. The number of thioether (sulfide) groups is 1. The van der Waals surface area contributed by atoms with Crippen molar-refractivity contribution in [2.45, 2.75) is 44.9 Å². The Balaban J connectivity index is 1.66. The van der Waals surface area contributed by atoms with Crippen LogP contribution in [0.2, 0.25) is 0 Å². The van der Waals surface area contributed by atoms with Gasteiger partial charge in [0.05, 0.1) is 7.11 Å². The van der Waals surface area contributed by atoms with Crippen LogP contribution in [0.25, 0.3) is 0 Å². The van der Waals surface area contributed by atoms with Gasteiger partial charge in [-0.05, 0) is 24.0 Å². The van der Waals surface area contributed by atoms with Gasteiger partial charge in [-0.2, -0.15) is 4.90 Å². The van der Waals surface area contributed by atoms with Gasteiger partial charge in [-0.15, -0.1) is 0 Å². The number of rotatable bonds is 11. The van der Waals surface area contributed by atoms with Crippen molar-refractivity contribution in [1.82, 2.24) is 9.80 Å². The lowest BCUT2D eigenvalue weighted by molar-refractivity contribution is -0.140. The van der Waals surface area contributed by atoms with E-state index in [4.69, 9.17) is 9.47 Å². The molecule has 0 unspecified atom stereocenters. The first kappa shape index (κ1) is 29.4. The third-order valence-electron chi connectivity index (χ3n) is 5.65. The number of urea groups is 1. The zero-order chi connectivity index (χ0) is 28.2. The number of methoxy groups -OCH3 is 1. The number of carbonyl (C=O) groups is 6.